The van der Waals surface area contributed by atoms with Crippen LogP contribution >= 0.6 is 15.9 Å². The van der Waals surface area contributed by atoms with Gasteiger partial charge < -0.3 is 10.2 Å². The van der Waals surface area contributed by atoms with Crippen LogP contribution in [0.2, 0.25) is 0 Å². The van der Waals surface area contributed by atoms with Gasteiger partial charge in [0.15, 0.2) is 9.84 Å². The molecule has 1 aromatic rings. The Morgan fingerprint density at radius 3 is 2.62 bits per heavy atom. The highest BCUT2D eigenvalue weighted by molar-refractivity contribution is 9.10. The zero-order chi connectivity index (χ0) is 15.3. The molecule has 1 aliphatic rings. The molecule has 0 radical (unpaired) electrons. The van der Waals surface area contributed by atoms with Gasteiger partial charge in [0.1, 0.15) is 5.75 Å². The lowest BCUT2D eigenvalue weighted by atomic mass is 10.2. The Kier molecular flexibility index (Phi) is 5.78. The molecule has 1 N–H and O–H groups in total. The maximum absolute atomic E-state index is 12.1. The van der Waals surface area contributed by atoms with E-state index in [-0.39, 0.29) is 11.7 Å². The Bertz CT molecular complexity index is 579. The van der Waals surface area contributed by atoms with Crippen molar-refractivity contribution in [3.05, 3.63) is 34.3 Å². The standard InChI is InChI=1S/C14H19BrN2O3S/c15-13-4-2-12(3-5-13)10-21(19,20)11-14(18)17-8-1-6-16-7-9-17/h2-5,16H,1,6-11H2. The molecule has 0 saturated carbocycles. The second kappa shape index (κ2) is 7.38. The molecule has 1 saturated heterocycles. The normalized spacial score (nSPS) is 16.5. The lowest BCUT2D eigenvalue weighted by molar-refractivity contribution is -0.128. The van der Waals surface area contributed by atoms with Gasteiger partial charge in [-0.05, 0) is 30.7 Å². The smallest absolute Gasteiger partial charge is 0.237 e. The van der Waals surface area contributed by atoms with Crippen LogP contribution in [-0.2, 0) is 20.4 Å². The van der Waals surface area contributed by atoms with Crippen molar-refractivity contribution in [2.24, 2.45) is 0 Å². The van der Waals surface area contributed by atoms with Gasteiger partial charge in [0.25, 0.3) is 0 Å². The third-order valence-electron chi connectivity index (χ3n) is 3.34. The Morgan fingerprint density at radius 1 is 1.19 bits per heavy atom. The van der Waals surface area contributed by atoms with Gasteiger partial charge >= 0.3 is 0 Å². The van der Waals surface area contributed by atoms with Crippen LogP contribution < -0.4 is 5.32 Å². The first-order chi connectivity index (χ1) is 9.96. The maximum Gasteiger partial charge on any atom is 0.237 e. The largest absolute Gasteiger partial charge is 0.340 e. The summed E-state index contributed by atoms with van der Waals surface area (Å²) in [6.07, 6.45) is 0.860. The molecule has 1 fully saturated rings. The van der Waals surface area contributed by atoms with Crippen LogP contribution in [0.3, 0.4) is 0 Å². The topological polar surface area (TPSA) is 66.5 Å². The van der Waals surface area contributed by atoms with E-state index in [4.69, 9.17) is 0 Å². The van der Waals surface area contributed by atoms with Crippen LogP contribution in [0, 0.1) is 0 Å². The first-order valence-electron chi connectivity index (χ1n) is 6.90. The third kappa shape index (κ3) is 5.41. The molecule has 116 valence electrons. The number of sulfone groups is 1. The minimum absolute atomic E-state index is 0.0991. The van der Waals surface area contributed by atoms with E-state index in [0.29, 0.717) is 18.7 Å². The summed E-state index contributed by atoms with van der Waals surface area (Å²) in [6.45, 7) is 2.79. The highest BCUT2D eigenvalue weighted by Crippen LogP contribution is 2.13. The Morgan fingerprint density at radius 2 is 1.90 bits per heavy atom. The summed E-state index contributed by atoms with van der Waals surface area (Å²) < 4.78 is 25.2. The molecule has 21 heavy (non-hydrogen) atoms. The second-order valence-corrected chi connectivity index (χ2v) is 8.12. The van der Waals surface area contributed by atoms with Crippen LogP contribution in [0.5, 0.6) is 0 Å². The van der Waals surface area contributed by atoms with Crippen LogP contribution in [-0.4, -0.2) is 51.2 Å². The van der Waals surface area contributed by atoms with Gasteiger partial charge in [0.2, 0.25) is 5.91 Å². The van der Waals surface area contributed by atoms with Crippen molar-refractivity contribution < 1.29 is 13.2 Å². The molecule has 1 heterocycles. The summed E-state index contributed by atoms with van der Waals surface area (Å²) in [6, 6.07) is 7.10. The molecule has 7 heteroatoms. The predicted octanol–water partition coefficient (Wildman–Crippen LogP) is 1.19. The Hall–Kier alpha value is -0.920. The van der Waals surface area contributed by atoms with Gasteiger partial charge in [0.05, 0.1) is 5.75 Å². The number of nitrogens with one attached hydrogen (secondary N) is 1. The number of rotatable bonds is 4. The van der Waals surface area contributed by atoms with E-state index in [1.807, 2.05) is 0 Å². The van der Waals surface area contributed by atoms with Crippen molar-refractivity contribution in [1.82, 2.24) is 10.2 Å². The molecule has 2 rings (SSSR count). The highest BCUT2D eigenvalue weighted by atomic mass is 79.9. The zero-order valence-corrected chi connectivity index (χ0v) is 14.1. The van der Waals surface area contributed by atoms with Crippen molar-refractivity contribution in [2.45, 2.75) is 12.2 Å². The minimum Gasteiger partial charge on any atom is -0.340 e. The first kappa shape index (κ1) is 16.5. The van der Waals surface area contributed by atoms with Crippen molar-refractivity contribution in [3.8, 4) is 0 Å². The summed E-state index contributed by atoms with van der Waals surface area (Å²) >= 11 is 3.31. The fraction of sp³-hybridized carbons (Fsp3) is 0.500. The summed E-state index contributed by atoms with van der Waals surface area (Å²) in [5, 5.41) is 3.19. The average molecular weight is 375 g/mol. The number of nitrogens with zero attached hydrogens (tertiary/aromatic N) is 1. The molecule has 5 nitrogen and oxygen atoms in total. The third-order valence-corrected chi connectivity index (χ3v) is 5.32. The summed E-state index contributed by atoms with van der Waals surface area (Å²) in [4.78, 5) is 13.8. The molecule has 1 aliphatic heterocycles. The van der Waals surface area contributed by atoms with Gasteiger partial charge in [-0.15, -0.1) is 0 Å². The van der Waals surface area contributed by atoms with E-state index in [9.17, 15) is 13.2 Å². The molecule has 0 aromatic heterocycles. The average Bonchev–Trinajstić information content (AvgIpc) is 2.69. The van der Waals surface area contributed by atoms with Crippen molar-refractivity contribution in [3.63, 3.8) is 0 Å². The maximum atomic E-state index is 12.1. The van der Waals surface area contributed by atoms with E-state index >= 15 is 0 Å². The molecule has 0 spiro atoms. The van der Waals surface area contributed by atoms with Crippen molar-refractivity contribution in [2.75, 3.05) is 31.9 Å². The minimum atomic E-state index is -3.43. The molecular weight excluding hydrogens is 356 g/mol. The van der Waals surface area contributed by atoms with E-state index in [0.717, 1.165) is 24.0 Å². The lowest BCUT2D eigenvalue weighted by Gasteiger charge is -2.19. The monoisotopic (exact) mass is 374 g/mol. The van der Waals surface area contributed by atoms with Gasteiger partial charge in [0, 0.05) is 24.1 Å². The lowest BCUT2D eigenvalue weighted by Crippen LogP contribution is -2.38. The zero-order valence-electron chi connectivity index (χ0n) is 11.7. The van der Waals surface area contributed by atoms with Gasteiger partial charge in [-0.25, -0.2) is 8.42 Å². The molecular formula is C14H19BrN2O3S. The van der Waals surface area contributed by atoms with E-state index in [1.165, 1.54) is 0 Å². The summed E-state index contributed by atoms with van der Waals surface area (Å²) in [5.41, 5.74) is 0.698. The molecule has 0 atom stereocenters. The van der Waals surface area contributed by atoms with Crippen LogP contribution in [0.4, 0.5) is 0 Å². The van der Waals surface area contributed by atoms with Gasteiger partial charge in [-0.2, -0.15) is 0 Å². The number of carbonyl (C=O) groups excluding carboxylic acids is 1. The number of hydrogen-bond acceptors (Lipinski definition) is 4. The fourth-order valence-electron chi connectivity index (χ4n) is 2.26. The SMILES string of the molecule is O=C(CS(=O)(=O)Cc1ccc(Br)cc1)N1CCCNCC1. The molecule has 0 unspecified atom stereocenters. The molecule has 1 amide bonds. The van der Waals surface area contributed by atoms with Crippen LogP contribution in [0.15, 0.2) is 28.7 Å². The quantitative estimate of drug-likeness (QED) is 0.859. The predicted molar refractivity (Wildman–Crippen MR) is 85.7 cm³/mol. The fourth-order valence-corrected chi connectivity index (χ4v) is 3.89. The number of benzene rings is 1. The number of halogens is 1. The number of carbonyl (C=O) groups is 1. The van der Waals surface area contributed by atoms with E-state index in [1.54, 1.807) is 29.2 Å². The number of amides is 1. The highest BCUT2D eigenvalue weighted by Gasteiger charge is 2.22. The van der Waals surface area contributed by atoms with Crippen LogP contribution in [0.1, 0.15) is 12.0 Å². The van der Waals surface area contributed by atoms with Crippen molar-refractivity contribution >= 4 is 31.7 Å². The first-order valence-corrected chi connectivity index (χ1v) is 9.51. The van der Waals surface area contributed by atoms with Crippen molar-refractivity contribution in [1.29, 1.82) is 0 Å². The second-order valence-electron chi connectivity index (χ2n) is 5.14. The van der Waals surface area contributed by atoms with E-state index in [2.05, 4.69) is 21.2 Å². The Labute approximate surface area is 133 Å². The Balaban J connectivity index is 1.96. The molecule has 0 aliphatic carbocycles. The number of hydrogen-bond donors (Lipinski definition) is 1. The van der Waals surface area contributed by atoms with E-state index < -0.39 is 15.6 Å². The summed E-state index contributed by atoms with van der Waals surface area (Å²) in [7, 11) is -3.43. The summed E-state index contributed by atoms with van der Waals surface area (Å²) in [5.74, 6) is -0.808. The molecule has 1 aromatic carbocycles. The van der Waals surface area contributed by atoms with Crippen LogP contribution in [0.25, 0.3) is 0 Å². The van der Waals surface area contributed by atoms with Gasteiger partial charge in [-0.3, -0.25) is 4.79 Å². The van der Waals surface area contributed by atoms with Gasteiger partial charge in [-0.1, -0.05) is 28.1 Å². The molecule has 0 bridgehead atoms.